The van der Waals surface area contributed by atoms with Crippen LogP contribution in [-0.4, -0.2) is 65.2 Å². The number of hydrogen-bond donors (Lipinski definition) is 0. The smallest absolute Gasteiger partial charge is 0.166 e. The molecule has 0 unspecified atom stereocenters. The molecule has 3 aromatic rings. The summed E-state index contributed by atoms with van der Waals surface area (Å²) in [6.07, 6.45) is 1.89. The Labute approximate surface area is 228 Å². The second kappa shape index (κ2) is 16.3. The molecule has 0 aliphatic heterocycles. The third-order valence-corrected chi connectivity index (χ3v) is 8.51. The summed E-state index contributed by atoms with van der Waals surface area (Å²) in [5, 5.41) is 1.48. The maximum Gasteiger partial charge on any atom is 0.166 e. The first-order chi connectivity index (χ1) is 17.6. The second-order valence-corrected chi connectivity index (χ2v) is 11.3. The normalized spacial score (nSPS) is 11.5. The third-order valence-electron chi connectivity index (χ3n) is 5.78. The number of hydrogen-bond acceptors (Lipinski definition) is 4. The maximum absolute atomic E-state index is 6.15. The second-order valence-electron chi connectivity index (χ2n) is 8.40. The van der Waals surface area contributed by atoms with Crippen LogP contribution in [0, 0.1) is 0 Å². The van der Waals surface area contributed by atoms with Gasteiger partial charge in [0, 0.05) is 50.5 Å². The van der Waals surface area contributed by atoms with Crippen molar-refractivity contribution >= 4 is 34.1 Å². The summed E-state index contributed by atoms with van der Waals surface area (Å²) in [6, 6.07) is 25.1. The molecule has 0 heterocycles. The van der Waals surface area contributed by atoms with Gasteiger partial charge in [-0.15, -0.1) is 0 Å². The first kappa shape index (κ1) is 29.0. The Kier molecular flexibility index (Phi) is 13.1. The Bertz CT molecular complexity index is 947. The van der Waals surface area contributed by atoms with E-state index in [4.69, 9.17) is 37.4 Å². The van der Waals surface area contributed by atoms with Crippen molar-refractivity contribution in [2.24, 2.45) is 0 Å². The zero-order valence-corrected chi connectivity index (χ0v) is 23.5. The summed E-state index contributed by atoms with van der Waals surface area (Å²) in [4.78, 5) is 6.07. The lowest BCUT2D eigenvalue weighted by Crippen LogP contribution is -2.32. The molecule has 4 nitrogen and oxygen atoms in total. The lowest BCUT2D eigenvalue weighted by molar-refractivity contribution is 0.0942. The lowest BCUT2D eigenvalue weighted by atomic mass is 10.2. The molecular weight excluding hydrogens is 513 g/mol. The van der Waals surface area contributed by atoms with Gasteiger partial charge in [0.2, 0.25) is 0 Å². The number of rotatable bonds is 16. The molecule has 0 aliphatic rings. The van der Waals surface area contributed by atoms with E-state index in [-0.39, 0.29) is 10.9 Å². The van der Waals surface area contributed by atoms with E-state index in [1.54, 1.807) is 14.2 Å². The van der Waals surface area contributed by atoms with Crippen LogP contribution in [0.1, 0.15) is 12.0 Å². The van der Waals surface area contributed by atoms with Crippen molar-refractivity contribution in [3.63, 3.8) is 0 Å². The van der Waals surface area contributed by atoms with Crippen LogP contribution >= 0.6 is 23.2 Å². The van der Waals surface area contributed by atoms with Crippen LogP contribution in [0.3, 0.4) is 0 Å². The van der Waals surface area contributed by atoms with Crippen molar-refractivity contribution in [3.05, 3.63) is 88.4 Å². The van der Waals surface area contributed by atoms with Gasteiger partial charge in [0.1, 0.15) is 0 Å². The fraction of sp³-hybridized carbons (Fsp3) is 0.379. The molecule has 0 atom stereocenters. The van der Waals surface area contributed by atoms with E-state index >= 15 is 0 Å². The zero-order valence-electron chi connectivity index (χ0n) is 21.1. The summed E-state index contributed by atoms with van der Waals surface area (Å²) in [6.45, 7) is 5.76. The first-order valence-corrected chi connectivity index (χ1v) is 14.2. The van der Waals surface area contributed by atoms with Crippen molar-refractivity contribution in [3.8, 4) is 0 Å². The van der Waals surface area contributed by atoms with Gasteiger partial charge in [-0.25, -0.2) is 0 Å². The highest BCUT2D eigenvalue weighted by Crippen LogP contribution is 2.32. The molecule has 0 aromatic heterocycles. The predicted molar refractivity (Wildman–Crippen MR) is 151 cm³/mol. The average Bonchev–Trinajstić information content (AvgIpc) is 2.90. The van der Waals surface area contributed by atoms with E-state index in [9.17, 15) is 0 Å². The molecule has 7 heteroatoms. The van der Waals surface area contributed by atoms with E-state index in [1.807, 2.05) is 24.3 Å². The van der Waals surface area contributed by atoms with Crippen molar-refractivity contribution < 1.29 is 14.2 Å². The number of ether oxygens (including phenoxy) is 3. The minimum absolute atomic E-state index is 0.230. The monoisotopic (exact) mass is 548 g/mol. The molecule has 0 spiro atoms. The Morgan fingerprint density at radius 1 is 0.611 bits per heavy atom. The summed E-state index contributed by atoms with van der Waals surface area (Å²) in [5.74, 6) is 0. The van der Waals surface area contributed by atoms with Crippen molar-refractivity contribution in [2.45, 2.75) is 27.5 Å². The lowest BCUT2D eigenvalue weighted by Gasteiger charge is -2.21. The van der Waals surface area contributed by atoms with Gasteiger partial charge in [0.05, 0.1) is 30.7 Å². The third kappa shape index (κ3) is 9.71. The number of benzene rings is 3. The Morgan fingerprint density at radius 2 is 1.08 bits per heavy atom. The highest BCUT2D eigenvalue weighted by atomic mass is 35.5. The topological polar surface area (TPSA) is 30.9 Å². The highest BCUT2D eigenvalue weighted by Gasteiger charge is 2.28. The molecule has 0 fully saturated rings. The molecule has 0 saturated heterocycles. The van der Waals surface area contributed by atoms with Gasteiger partial charge in [-0.3, -0.25) is 4.90 Å². The minimum Gasteiger partial charge on any atom is -0.383 e. The van der Waals surface area contributed by atoms with Crippen molar-refractivity contribution in [1.82, 2.24) is 4.90 Å². The fourth-order valence-corrected chi connectivity index (χ4v) is 6.09. The molecular formula is C29H36Cl2NO3S+. The maximum atomic E-state index is 6.15. The highest BCUT2D eigenvalue weighted by molar-refractivity contribution is 7.97. The number of nitrogens with zero attached hydrogens (tertiary/aromatic N) is 1. The first-order valence-electron chi connectivity index (χ1n) is 12.2. The molecule has 0 radical (unpaired) electrons. The zero-order chi connectivity index (χ0) is 25.6. The van der Waals surface area contributed by atoms with Gasteiger partial charge in [-0.1, -0.05) is 35.3 Å². The van der Waals surface area contributed by atoms with Crippen LogP contribution in [0.2, 0.25) is 10.0 Å². The van der Waals surface area contributed by atoms with Gasteiger partial charge in [-0.2, -0.15) is 0 Å². The van der Waals surface area contributed by atoms with Crippen molar-refractivity contribution in [1.29, 1.82) is 0 Å². The van der Waals surface area contributed by atoms with Crippen LogP contribution in [0.15, 0.2) is 87.5 Å². The van der Waals surface area contributed by atoms with Gasteiger partial charge in [0.15, 0.2) is 14.7 Å². The van der Waals surface area contributed by atoms with E-state index in [1.165, 1.54) is 20.2 Å². The summed E-state index contributed by atoms with van der Waals surface area (Å²) >= 11 is 12.3. The molecule has 194 valence electrons. The largest absolute Gasteiger partial charge is 0.383 e. The van der Waals surface area contributed by atoms with Crippen LogP contribution in [-0.2, 0) is 31.5 Å². The van der Waals surface area contributed by atoms with Gasteiger partial charge in [0.25, 0.3) is 0 Å². The molecule has 0 N–H and O–H groups in total. The molecule has 0 aliphatic carbocycles. The molecule has 3 aromatic carbocycles. The van der Waals surface area contributed by atoms with E-state index in [2.05, 4.69) is 53.4 Å². The minimum atomic E-state index is -0.230. The van der Waals surface area contributed by atoms with Crippen LogP contribution in [0.25, 0.3) is 0 Å². The Morgan fingerprint density at radius 3 is 1.56 bits per heavy atom. The van der Waals surface area contributed by atoms with Crippen LogP contribution in [0.5, 0.6) is 0 Å². The molecule has 36 heavy (non-hydrogen) atoms. The molecule has 3 rings (SSSR count). The number of methoxy groups -OCH3 is 2. The Hall–Kier alpha value is -1.57. The Balaban J connectivity index is 1.52. The summed E-state index contributed by atoms with van der Waals surface area (Å²) < 4.78 is 16.3. The van der Waals surface area contributed by atoms with Gasteiger partial charge < -0.3 is 14.2 Å². The summed E-state index contributed by atoms with van der Waals surface area (Å²) in [7, 11) is 3.24. The number of halogens is 2. The SMILES string of the molecule is COCCN(CCCOCCc1ccc([S+](c2ccc(Cl)cc2)c2ccc(Cl)cc2)cc1)CCOC. The molecule has 0 bridgehead atoms. The standard InChI is InChI=1S/C29H36Cl2NO3S/c1-33-22-18-32(19-23-34-2)17-3-20-35-21-16-24-4-10-27(11-5-24)36(28-12-6-25(30)7-13-28)29-14-8-26(31)9-15-29/h4-15H,3,16-23H2,1-2H3/q+1. The quantitative estimate of drug-likeness (QED) is 0.148. The van der Waals surface area contributed by atoms with Crippen LogP contribution < -0.4 is 0 Å². The van der Waals surface area contributed by atoms with E-state index in [0.29, 0.717) is 0 Å². The summed E-state index contributed by atoms with van der Waals surface area (Å²) in [5.41, 5.74) is 1.27. The average molecular weight is 550 g/mol. The predicted octanol–water partition coefficient (Wildman–Crippen LogP) is 6.63. The van der Waals surface area contributed by atoms with Gasteiger partial charge >= 0.3 is 0 Å². The van der Waals surface area contributed by atoms with Gasteiger partial charge in [-0.05, 0) is 79.1 Å². The molecule has 0 saturated carbocycles. The molecule has 0 amide bonds. The van der Waals surface area contributed by atoms with E-state index in [0.717, 1.165) is 68.9 Å². The fourth-order valence-electron chi connectivity index (χ4n) is 3.80. The van der Waals surface area contributed by atoms with Crippen LogP contribution in [0.4, 0.5) is 0 Å². The van der Waals surface area contributed by atoms with Crippen molar-refractivity contribution in [2.75, 3.05) is 60.3 Å². The van der Waals surface area contributed by atoms with E-state index < -0.39 is 0 Å².